The molecule has 20 heavy (non-hydrogen) atoms. The molecule has 110 valence electrons. The molecule has 0 aliphatic rings. The van der Waals surface area contributed by atoms with E-state index in [9.17, 15) is 0 Å². The monoisotopic (exact) mass is 275 g/mol. The van der Waals surface area contributed by atoms with E-state index in [2.05, 4.69) is 32.2 Å². The summed E-state index contributed by atoms with van der Waals surface area (Å²) in [7, 11) is 0. The van der Waals surface area contributed by atoms with Crippen LogP contribution < -0.4 is 5.32 Å². The lowest BCUT2D eigenvalue weighted by Gasteiger charge is -2.20. The average Bonchev–Trinajstić information content (AvgIpc) is 2.70. The highest BCUT2D eigenvalue weighted by molar-refractivity contribution is 5.82. The molecule has 2 aromatic rings. The van der Waals surface area contributed by atoms with Gasteiger partial charge in [-0.3, -0.25) is 0 Å². The third kappa shape index (κ3) is 3.84. The number of nitrogens with one attached hydrogen (secondary N) is 1. The number of hydrogen-bond donors (Lipinski definition) is 1. The summed E-state index contributed by atoms with van der Waals surface area (Å²) in [5.74, 6) is 0.927. The van der Waals surface area contributed by atoms with Gasteiger partial charge >= 0.3 is 0 Å². The fraction of sp³-hybridized carbons (Fsp3) is 0.529. The number of para-hydroxylation sites is 1. The summed E-state index contributed by atoms with van der Waals surface area (Å²) in [6, 6.07) is 8.16. The molecule has 1 aromatic carbocycles. The number of fused-ring (bicyclic) bond motifs is 1. The van der Waals surface area contributed by atoms with Crippen LogP contribution >= 0.6 is 0 Å². The summed E-state index contributed by atoms with van der Waals surface area (Å²) in [6.45, 7) is 11.9. The first kappa shape index (κ1) is 15.1. The van der Waals surface area contributed by atoms with Gasteiger partial charge in [-0.15, -0.1) is 0 Å². The molecule has 1 heterocycles. The third-order valence-corrected chi connectivity index (χ3v) is 3.13. The molecule has 1 N–H and O–H groups in total. The first-order valence-corrected chi connectivity index (χ1v) is 7.23. The van der Waals surface area contributed by atoms with Gasteiger partial charge < -0.3 is 14.5 Å². The molecule has 0 spiro atoms. The van der Waals surface area contributed by atoms with Gasteiger partial charge in [-0.2, -0.15) is 0 Å². The van der Waals surface area contributed by atoms with Crippen LogP contribution in [0.15, 0.2) is 28.7 Å². The summed E-state index contributed by atoms with van der Waals surface area (Å²) in [5, 5.41) is 4.70. The van der Waals surface area contributed by atoms with Crippen LogP contribution in [0, 0.1) is 0 Å². The normalized spacial score (nSPS) is 12.5. The first-order chi connectivity index (χ1) is 9.37. The number of benzene rings is 1. The van der Waals surface area contributed by atoms with Crippen LogP contribution in [0.5, 0.6) is 0 Å². The van der Waals surface area contributed by atoms with Crippen molar-refractivity contribution in [3.63, 3.8) is 0 Å². The van der Waals surface area contributed by atoms with Crippen molar-refractivity contribution in [3.8, 4) is 0 Å². The Kier molecular flexibility index (Phi) is 4.51. The van der Waals surface area contributed by atoms with E-state index in [1.165, 1.54) is 10.9 Å². The van der Waals surface area contributed by atoms with Crippen molar-refractivity contribution in [1.82, 2.24) is 5.32 Å². The Balaban J connectivity index is 2.29. The maximum atomic E-state index is 5.95. The molecule has 0 atom stereocenters. The highest BCUT2D eigenvalue weighted by atomic mass is 16.5. The molecule has 3 heteroatoms. The molecule has 0 saturated carbocycles. The van der Waals surface area contributed by atoms with Crippen molar-refractivity contribution in [2.45, 2.75) is 59.4 Å². The minimum Gasteiger partial charge on any atom is -0.458 e. The van der Waals surface area contributed by atoms with Crippen molar-refractivity contribution >= 4 is 11.0 Å². The second kappa shape index (κ2) is 5.98. The zero-order valence-electron chi connectivity index (χ0n) is 13.1. The van der Waals surface area contributed by atoms with Crippen molar-refractivity contribution in [2.24, 2.45) is 0 Å². The third-order valence-electron chi connectivity index (χ3n) is 3.13. The molecule has 0 radical (unpaired) electrons. The van der Waals surface area contributed by atoms with Gasteiger partial charge in [0.05, 0.1) is 6.10 Å². The predicted octanol–water partition coefficient (Wildman–Crippen LogP) is 4.25. The van der Waals surface area contributed by atoms with Crippen LogP contribution in [0.2, 0.25) is 0 Å². The largest absolute Gasteiger partial charge is 0.458 e. The molecule has 3 nitrogen and oxygen atoms in total. The second-order valence-corrected chi connectivity index (χ2v) is 6.46. The van der Waals surface area contributed by atoms with Gasteiger partial charge in [-0.1, -0.05) is 18.2 Å². The van der Waals surface area contributed by atoms with Crippen molar-refractivity contribution in [2.75, 3.05) is 0 Å². The van der Waals surface area contributed by atoms with E-state index in [-0.39, 0.29) is 11.6 Å². The molecule has 0 unspecified atom stereocenters. The maximum Gasteiger partial charge on any atom is 0.135 e. The highest BCUT2D eigenvalue weighted by Gasteiger charge is 2.17. The fourth-order valence-corrected chi connectivity index (χ4v) is 2.06. The summed E-state index contributed by atoms with van der Waals surface area (Å²) >= 11 is 0. The van der Waals surface area contributed by atoms with Gasteiger partial charge in [0.15, 0.2) is 0 Å². The molecule has 0 amide bonds. The Hall–Kier alpha value is -1.32. The first-order valence-electron chi connectivity index (χ1n) is 7.23. The fourth-order valence-electron chi connectivity index (χ4n) is 2.06. The van der Waals surface area contributed by atoms with Gasteiger partial charge in [-0.25, -0.2) is 0 Å². The van der Waals surface area contributed by atoms with Gasteiger partial charge in [0.2, 0.25) is 0 Å². The molecule has 2 rings (SSSR count). The van der Waals surface area contributed by atoms with E-state index in [0.717, 1.165) is 17.9 Å². The summed E-state index contributed by atoms with van der Waals surface area (Å²) in [4.78, 5) is 0. The molecule has 0 bridgehead atoms. The lowest BCUT2D eigenvalue weighted by molar-refractivity contribution is 0.0546. The van der Waals surface area contributed by atoms with Crippen LogP contribution in [-0.2, 0) is 17.9 Å². The number of furan rings is 1. The van der Waals surface area contributed by atoms with E-state index in [1.807, 2.05) is 32.0 Å². The van der Waals surface area contributed by atoms with E-state index in [0.29, 0.717) is 6.61 Å². The maximum absolute atomic E-state index is 5.95. The van der Waals surface area contributed by atoms with Gasteiger partial charge in [0, 0.05) is 23.0 Å². The second-order valence-electron chi connectivity index (χ2n) is 6.46. The van der Waals surface area contributed by atoms with Crippen molar-refractivity contribution < 1.29 is 9.15 Å². The summed E-state index contributed by atoms with van der Waals surface area (Å²) in [6.07, 6.45) is 0.201. The van der Waals surface area contributed by atoms with E-state index >= 15 is 0 Å². The van der Waals surface area contributed by atoms with Crippen LogP contribution in [0.4, 0.5) is 0 Å². The SMILES string of the molecule is CC(C)OCc1oc2ccccc2c1CNC(C)(C)C. The van der Waals surface area contributed by atoms with Gasteiger partial charge in [0.1, 0.15) is 18.0 Å². The van der Waals surface area contributed by atoms with Crippen LogP contribution in [-0.4, -0.2) is 11.6 Å². The molecule has 0 fully saturated rings. The lowest BCUT2D eigenvalue weighted by Crippen LogP contribution is -2.35. The van der Waals surface area contributed by atoms with E-state index in [1.54, 1.807) is 0 Å². The number of rotatable bonds is 5. The molecule has 0 aliphatic heterocycles. The van der Waals surface area contributed by atoms with E-state index < -0.39 is 0 Å². The number of ether oxygens (including phenoxy) is 1. The van der Waals surface area contributed by atoms with Crippen LogP contribution in [0.3, 0.4) is 0 Å². The zero-order valence-corrected chi connectivity index (χ0v) is 13.1. The lowest BCUT2D eigenvalue weighted by atomic mass is 10.1. The van der Waals surface area contributed by atoms with Crippen LogP contribution in [0.1, 0.15) is 45.9 Å². The highest BCUT2D eigenvalue weighted by Crippen LogP contribution is 2.27. The summed E-state index contributed by atoms with van der Waals surface area (Å²) in [5.41, 5.74) is 2.21. The molecule has 1 aromatic heterocycles. The predicted molar refractivity (Wildman–Crippen MR) is 82.7 cm³/mol. The minimum atomic E-state index is 0.0779. The van der Waals surface area contributed by atoms with Crippen LogP contribution in [0.25, 0.3) is 11.0 Å². The van der Waals surface area contributed by atoms with Gasteiger partial charge in [0.25, 0.3) is 0 Å². The Morgan fingerprint density at radius 2 is 1.90 bits per heavy atom. The smallest absolute Gasteiger partial charge is 0.135 e. The Morgan fingerprint density at radius 1 is 1.20 bits per heavy atom. The molecule has 0 aliphatic carbocycles. The number of hydrogen-bond acceptors (Lipinski definition) is 3. The zero-order chi connectivity index (χ0) is 14.8. The Morgan fingerprint density at radius 3 is 2.55 bits per heavy atom. The Labute approximate surface area is 121 Å². The van der Waals surface area contributed by atoms with Gasteiger partial charge in [-0.05, 0) is 40.7 Å². The molecular weight excluding hydrogens is 250 g/mol. The standard InChI is InChI=1S/C17H25NO2/c1-12(2)19-11-16-14(10-18-17(3,4)5)13-8-6-7-9-15(13)20-16/h6-9,12,18H,10-11H2,1-5H3. The molecule has 0 saturated heterocycles. The topological polar surface area (TPSA) is 34.4 Å². The van der Waals surface area contributed by atoms with E-state index in [4.69, 9.17) is 9.15 Å². The quantitative estimate of drug-likeness (QED) is 0.886. The minimum absolute atomic E-state index is 0.0779. The van der Waals surface area contributed by atoms with Crippen molar-refractivity contribution in [3.05, 3.63) is 35.6 Å². The summed E-state index contributed by atoms with van der Waals surface area (Å²) < 4.78 is 11.7. The van der Waals surface area contributed by atoms with Crippen molar-refractivity contribution in [1.29, 1.82) is 0 Å². The molecular formula is C17H25NO2. The average molecular weight is 275 g/mol. The Bertz CT molecular complexity index is 564.